The van der Waals surface area contributed by atoms with Gasteiger partial charge in [0, 0.05) is 25.2 Å². The first-order valence-corrected chi connectivity index (χ1v) is 11.8. The number of hydrogen-bond donors (Lipinski definition) is 2. The first kappa shape index (κ1) is 17.6. The van der Waals surface area contributed by atoms with Gasteiger partial charge in [-0.1, -0.05) is 12.8 Å². The highest BCUT2D eigenvalue weighted by Crippen LogP contribution is 2.40. The Morgan fingerprint density at radius 2 is 1.84 bits per heavy atom. The molecule has 2 unspecified atom stereocenters. The molecule has 0 aromatic carbocycles. The number of hydrogen-bond acceptors (Lipinski definition) is 4. The van der Waals surface area contributed by atoms with Crippen LogP contribution in [0.15, 0.2) is 4.99 Å². The Morgan fingerprint density at radius 3 is 2.52 bits per heavy atom. The number of guanidine groups is 1. The van der Waals surface area contributed by atoms with Gasteiger partial charge in [-0.15, -0.1) is 0 Å². The summed E-state index contributed by atoms with van der Waals surface area (Å²) < 4.78 is 29.4. The predicted molar refractivity (Wildman–Crippen MR) is 98.5 cm³/mol. The van der Waals surface area contributed by atoms with Gasteiger partial charge in [0.05, 0.1) is 17.1 Å². The third-order valence-electron chi connectivity index (χ3n) is 6.10. The fourth-order valence-electron chi connectivity index (χ4n) is 4.50. The number of aliphatic imine (C=N–C) groups is 1. The molecule has 0 radical (unpaired) electrons. The van der Waals surface area contributed by atoms with Crippen LogP contribution in [0.2, 0.25) is 0 Å². The molecule has 2 atom stereocenters. The predicted octanol–water partition coefficient (Wildman–Crippen LogP) is 1.61. The van der Waals surface area contributed by atoms with Crippen LogP contribution < -0.4 is 10.6 Å². The molecule has 0 aromatic rings. The zero-order valence-electron chi connectivity index (χ0n) is 15.0. The fourth-order valence-corrected chi connectivity index (χ4v) is 6.35. The lowest BCUT2D eigenvalue weighted by atomic mass is 9.89. The highest BCUT2D eigenvalue weighted by atomic mass is 32.2. The Labute approximate surface area is 151 Å². The molecule has 0 aromatic heterocycles. The summed E-state index contributed by atoms with van der Waals surface area (Å²) in [6.45, 7) is 1.44. The zero-order chi connectivity index (χ0) is 17.3. The van der Waals surface area contributed by atoms with Crippen molar-refractivity contribution in [2.75, 3.05) is 24.7 Å². The fraction of sp³-hybridized carbons (Fsp3) is 0.944. The van der Waals surface area contributed by atoms with Gasteiger partial charge in [0.2, 0.25) is 0 Å². The molecule has 2 heterocycles. The molecule has 4 rings (SSSR count). The van der Waals surface area contributed by atoms with Crippen molar-refractivity contribution in [3.8, 4) is 0 Å². The molecule has 2 N–H and O–H groups in total. The van der Waals surface area contributed by atoms with Crippen LogP contribution in [0.4, 0.5) is 0 Å². The summed E-state index contributed by atoms with van der Waals surface area (Å²) in [5.41, 5.74) is 0.0974. The van der Waals surface area contributed by atoms with E-state index in [1.54, 1.807) is 0 Å². The zero-order valence-corrected chi connectivity index (χ0v) is 15.8. The molecule has 25 heavy (non-hydrogen) atoms. The first-order valence-electron chi connectivity index (χ1n) is 9.94. The lowest BCUT2D eigenvalue weighted by Gasteiger charge is -2.39. The normalized spacial score (nSPS) is 34.3. The maximum absolute atomic E-state index is 11.6. The van der Waals surface area contributed by atoms with Crippen molar-refractivity contribution >= 4 is 15.8 Å². The van der Waals surface area contributed by atoms with Gasteiger partial charge in [-0.3, -0.25) is 4.99 Å². The second-order valence-electron chi connectivity index (χ2n) is 8.45. The lowest BCUT2D eigenvalue weighted by molar-refractivity contribution is -0.0815. The standard InChI is InChI=1S/C18H31N3O3S/c22-25(23)10-6-14(13-25)12-19-17(20-15-3-4-15)21-16-5-9-24-18(11-16)7-1-2-8-18/h14-16H,1-13H2,(H2,19,20,21). The minimum atomic E-state index is -2.82. The van der Waals surface area contributed by atoms with Crippen LogP contribution >= 0.6 is 0 Å². The molecule has 4 fully saturated rings. The number of nitrogens with zero attached hydrogens (tertiary/aromatic N) is 1. The number of ether oxygens (including phenoxy) is 1. The highest BCUT2D eigenvalue weighted by molar-refractivity contribution is 7.91. The van der Waals surface area contributed by atoms with Gasteiger partial charge in [-0.25, -0.2) is 8.42 Å². The van der Waals surface area contributed by atoms with Gasteiger partial charge >= 0.3 is 0 Å². The minimum absolute atomic E-state index is 0.0974. The van der Waals surface area contributed by atoms with E-state index in [1.165, 1.54) is 38.5 Å². The van der Waals surface area contributed by atoms with Crippen molar-refractivity contribution in [1.82, 2.24) is 10.6 Å². The van der Waals surface area contributed by atoms with E-state index in [1.807, 2.05) is 0 Å². The maximum Gasteiger partial charge on any atom is 0.191 e. The summed E-state index contributed by atoms with van der Waals surface area (Å²) >= 11 is 0. The van der Waals surface area contributed by atoms with Crippen molar-refractivity contribution in [1.29, 1.82) is 0 Å². The van der Waals surface area contributed by atoms with Gasteiger partial charge < -0.3 is 15.4 Å². The quantitative estimate of drug-likeness (QED) is 0.581. The average Bonchev–Trinajstić information content (AvgIpc) is 3.16. The van der Waals surface area contributed by atoms with E-state index in [9.17, 15) is 8.42 Å². The van der Waals surface area contributed by atoms with Crippen LogP contribution in [0.25, 0.3) is 0 Å². The van der Waals surface area contributed by atoms with Crippen LogP contribution in [0.3, 0.4) is 0 Å². The monoisotopic (exact) mass is 369 g/mol. The molecular weight excluding hydrogens is 338 g/mol. The Balaban J connectivity index is 1.36. The van der Waals surface area contributed by atoms with Gasteiger partial charge in [-0.05, 0) is 50.9 Å². The molecular formula is C18H31N3O3S. The summed E-state index contributed by atoms with van der Waals surface area (Å²) in [4.78, 5) is 4.75. The summed E-state index contributed by atoms with van der Waals surface area (Å²) in [7, 11) is -2.82. The van der Waals surface area contributed by atoms with Crippen LogP contribution in [-0.4, -0.2) is 56.7 Å². The largest absolute Gasteiger partial charge is 0.375 e. The molecule has 7 heteroatoms. The molecule has 2 saturated carbocycles. The number of nitrogens with one attached hydrogen (secondary N) is 2. The van der Waals surface area contributed by atoms with Crippen molar-refractivity contribution in [3.63, 3.8) is 0 Å². The van der Waals surface area contributed by atoms with Gasteiger partial charge in [0.1, 0.15) is 0 Å². The SMILES string of the molecule is O=S1(=O)CCC(CN=C(NC2CC2)NC2CCOC3(CCCC3)C2)C1. The highest BCUT2D eigenvalue weighted by Gasteiger charge is 2.40. The Bertz CT molecular complexity index is 609. The Hall–Kier alpha value is -0.820. The van der Waals surface area contributed by atoms with Crippen molar-refractivity contribution in [2.45, 2.75) is 75.5 Å². The van der Waals surface area contributed by atoms with Crippen LogP contribution in [0, 0.1) is 5.92 Å². The molecule has 6 nitrogen and oxygen atoms in total. The topological polar surface area (TPSA) is 79.8 Å². The lowest BCUT2D eigenvalue weighted by Crippen LogP contribution is -2.51. The summed E-state index contributed by atoms with van der Waals surface area (Å²) in [6, 6.07) is 0.947. The third kappa shape index (κ3) is 4.67. The summed E-state index contributed by atoms with van der Waals surface area (Å²) in [5, 5.41) is 7.14. The molecule has 0 bridgehead atoms. The summed E-state index contributed by atoms with van der Waals surface area (Å²) in [5.74, 6) is 1.69. The van der Waals surface area contributed by atoms with Gasteiger partial charge in [0.25, 0.3) is 0 Å². The average molecular weight is 370 g/mol. The first-order chi connectivity index (χ1) is 12.0. The molecule has 1 spiro atoms. The summed E-state index contributed by atoms with van der Waals surface area (Å²) in [6.07, 6.45) is 10.2. The third-order valence-corrected chi connectivity index (χ3v) is 7.94. The van der Waals surface area contributed by atoms with Crippen LogP contribution in [-0.2, 0) is 14.6 Å². The van der Waals surface area contributed by atoms with E-state index in [-0.39, 0.29) is 11.5 Å². The molecule has 142 valence electrons. The second-order valence-corrected chi connectivity index (χ2v) is 10.7. The Kier molecular flexibility index (Phi) is 4.97. The number of rotatable bonds is 4. The van der Waals surface area contributed by atoms with Gasteiger partial charge in [0.15, 0.2) is 15.8 Å². The molecule has 2 aliphatic carbocycles. The van der Waals surface area contributed by atoms with Gasteiger partial charge in [-0.2, -0.15) is 0 Å². The molecule has 4 aliphatic rings. The van der Waals surface area contributed by atoms with E-state index in [0.717, 1.165) is 31.8 Å². The van der Waals surface area contributed by atoms with E-state index in [2.05, 4.69) is 10.6 Å². The van der Waals surface area contributed by atoms with Crippen LogP contribution in [0.1, 0.15) is 57.8 Å². The van der Waals surface area contributed by atoms with Crippen molar-refractivity contribution in [3.05, 3.63) is 0 Å². The van der Waals surface area contributed by atoms with E-state index in [0.29, 0.717) is 30.1 Å². The second kappa shape index (κ2) is 7.06. The van der Waals surface area contributed by atoms with Crippen molar-refractivity contribution < 1.29 is 13.2 Å². The molecule has 2 saturated heterocycles. The smallest absolute Gasteiger partial charge is 0.191 e. The maximum atomic E-state index is 11.6. The Morgan fingerprint density at radius 1 is 1.08 bits per heavy atom. The van der Waals surface area contributed by atoms with Crippen molar-refractivity contribution in [2.24, 2.45) is 10.9 Å². The van der Waals surface area contributed by atoms with E-state index in [4.69, 9.17) is 9.73 Å². The number of sulfone groups is 1. The van der Waals surface area contributed by atoms with E-state index >= 15 is 0 Å². The molecule has 2 aliphatic heterocycles. The minimum Gasteiger partial charge on any atom is -0.375 e. The van der Waals surface area contributed by atoms with E-state index < -0.39 is 9.84 Å². The van der Waals surface area contributed by atoms with Crippen LogP contribution in [0.5, 0.6) is 0 Å². The molecule has 0 amide bonds.